The summed E-state index contributed by atoms with van der Waals surface area (Å²) >= 11 is 3.44. The molecular formula is C18H19BrO4. The summed E-state index contributed by atoms with van der Waals surface area (Å²) in [5, 5.41) is 0. The molecule has 122 valence electrons. The molecule has 0 spiro atoms. The number of esters is 1. The van der Waals surface area contributed by atoms with Crippen LogP contribution in [0.25, 0.3) is 0 Å². The molecule has 2 rings (SSSR count). The fraction of sp³-hybridized carbons (Fsp3) is 0.278. The van der Waals surface area contributed by atoms with Gasteiger partial charge in [-0.05, 0) is 53.0 Å². The standard InChI is InChI=1S/C18H19BrO4/c1-4-22-16-10-14(18(20)21-3)9-15(19)17(16)23-11-13-8-6-5-7-12(13)2/h5-10H,4,11H2,1-3H3. The Morgan fingerprint density at radius 1 is 1.17 bits per heavy atom. The monoisotopic (exact) mass is 378 g/mol. The van der Waals surface area contributed by atoms with Crippen molar-refractivity contribution in [2.45, 2.75) is 20.5 Å². The van der Waals surface area contributed by atoms with Gasteiger partial charge in [-0.15, -0.1) is 0 Å². The van der Waals surface area contributed by atoms with E-state index in [4.69, 9.17) is 14.2 Å². The van der Waals surface area contributed by atoms with Crippen LogP contribution in [0.4, 0.5) is 0 Å². The first-order valence-corrected chi connectivity index (χ1v) is 8.08. The minimum Gasteiger partial charge on any atom is -0.490 e. The Bertz CT molecular complexity index is 697. The molecule has 2 aromatic carbocycles. The summed E-state index contributed by atoms with van der Waals surface area (Å²) in [6.07, 6.45) is 0. The van der Waals surface area contributed by atoms with Gasteiger partial charge in [-0.1, -0.05) is 24.3 Å². The van der Waals surface area contributed by atoms with Gasteiger partial charge >= 0.3 is 5.97 Å². The van der Waals surface area contributed by atoms with Gasteiger partial charge in [-0.25, -0.2) is 4.79 Å². The summed E-state index contributed by atoms with van der Waals surface area (Å²) in [6, 6.07) is 11.3. The first-order valence-electron chi connectivity index (χ1n) is 7.28. The third-order valence-corrected chi connectivity index (χ3v) is 3.95. The number of halogens is 1. The highest BCUT2D eigenvalue weighted by atomic mass is 79.9. The Balaban J connectivity index is 2.29. The van der Waals surface area contributed by atoms with Crippen LogP contribution in [0.5, 0.6) is 11.5 Å². The summed E-state index contributed by atoms with van der Waals surface area (Å²) in [5.74, 6) is 0.663. The minimum atomic E-state index is -0.419. The van der Waals surface area contributed by atoms with Gasteiger partial charge in [0, 0.05) is 0 Å². The fourth-order valence-electron chi connectivity index (χ4n) is 2.13. The van der Waals surface area contributed by atoms with Crippen molar-refractivity contribution in [3.8, 4) is 11.5 Å². The Kier molecular flexibility index (Phi) is 6.04. The maximum atomic E-state index is 11.7. The first kappa shape index (κ1) is 17.3. The molecule has 0 heterocycles. The fourth-order valence-corrected chi connectivity index (χ4v) is 2.69. The summed E-state index contributed by atoms with van der Waals surface area (Å²) in [4.78, 5) is 11.7. The molecular weight excluding hydrogens is 360 g/mol. The van der Waals surface area contributed by atoms with Gasteiger partial charge < -0.3 is 14.2 Å². The summed E-state index contributed by atoms with van der Waals surface area (Å²) < 4.78 is 16.9. The second-order valence-corrected chi connectivity index (χ2v) is 5.78. The van der Waals surface area contributed by atoms with Gasteiger partial charge in [0.25, 0.3) is 0 Å². The first-order chi connectivity index (χ1) is 11.1. The lowest BCUT2D eigenvalue weighted by Gasteiger charge is -2.15. The minimum absolute atomic E-state index is 0.408. The predicted octanol–water partition coefficient (Wildman–Crippen LogP) is 4.52. The maximum absolute atomic E-state index is 11.7. The molecule has 4 nitrogen and oxygen atoms in total. The van der Waals surface area contributed by atoms with Crippen molar-refractivity contribution in [3.63, 3.8) is 0 Å². The molecule has 0 unspecified atom stereocenters. The number of carbonyl (C=O) groups is 1. The van der Waals surface area contributed by atoms with E-state index >= 15 is 0 Å². The number of hydrogen-bond donors (Lipinski definition) is 0. The van der Waals surface area contributed by atoms with Gasteiger partial charge in [-0.3, -0.25) is 0 Å². The second-order valence-electron chi connectivity index (χ2n) is 4.93. The van der Waals surface area contributed by atoms with Gasteiger partial charge in [-0.2, -0.15) is 0 Å². The van der Waals surface area contributed by atoms with E-state index in [0.29, 0.717) is 34.7 Å². The number of aryl methyl sites for hydroxylation is 1. The summed E-state index contributed by atoms with van der Waals surface area (Å²) in [7, 11) is 1.35. The Labute approximate surface area is 144 Å². The predicted molar refractivity (Wildman–Crippen MR) is 92.2 cm³/mol. The Morgan fingerprint density at radius 2 is 1.91 bits per heavy atom. The zero-order valence-corrected chi connectivity index (χ0v) is 15.0. The maximum Gasteiger partial charge on any atom is 0.338 e. The quantitative estimate of drug-likeness (QED) is 0.693. The van der Waals surface area contributed by atoms with Crippen LogP contribution < -0.4 is 9.47 Å². The molecule has 0 bridgehead atoms. The van der Waals surface area contributed by atoms with E-state index in [2.05, 4.69) is 15.9 Å². The van der Waals surface area contributed by atoms with Crippen LogP contribution in [0.15, 0.2) is 40.9 Å². The van der Waals surface area contributed by atoms with Gasteiger partial charge in [0.2, 0.25) is 0 Å². The lowest BCUT2D eigenvalue weighted by molar-refractivity contribution is 0.0600. The van der Waals surface area contributed by atoms with Crippen molar-refractivity contribution in [1.29, 1.82) is 0 Å². The van der Waals surface area contributed by atoms with E-state index in [1.807, 2.05) is 38.1 Å². The smallest absolute Gasteiger partial charge is 0.338 e. The van der Waals surface area contributed by atoms with Crippen LogP contribution >= 0.6 is 15.9 Å². The molecule has 0 aliphatic heterocycles. The van der Waals surface area contributed by atoms with Crippen molar-refractivity contribution < 1.29 is 19.0 Å². The van der Waals surface area contributed by atoms with Crippen molar-refractivity contribution >= 4 is 21.9 Å². The van der Waals surface area contributed by atoms with E-state index in [1.54, 1.807) is 12.1 Å². The van der Waals surface area contributed by atoms with E-state index in [1.165, 1.54) is 7.11 Å². The molecule has 0 aliphatic carbocycles. The van der Waals surface area contributed by atoms with E-state index < -0.39 is 5.97 Å². The number of benzene rings is 2. The molecule has 0 fully saturated rings. The zero-order chi connectivity index (χ0) is 16.8. The molecule has 23 heavy (non-hydrogen) atoms. The molecule has 0 N–H and O–H groups in total. The van der Waals surface area contributed by atoms with Crippen LogP contribution in [-0.2, 0) is 11.3 Å². The third-order valence-electron chi connectivity index (χ3n) is 3.36. The van der Waals surface area contributed by atoms with E-state index in [0.717, 1.165) is 11.1 Å². The van der Waals surface area contributed by atoms with Gasteiger partial charge in [0.15, 0.2) is 11.5 Å². The molecule has 0 aromatic heterocycles. The van der Waals surface area contributed by atoms with Crippen molar-refractivity contribution in [2.75, 3.05) is 13.7 Å². The topological polar surface area (TPSA) is 44.8 Å². The highest BCUT2D eigenvalue weighted by Gasteiger charge is 2.16. The van der Waals surface area contributed by atoms with Crippen LogP contribution in [0.3, 0.4) is 0 Å². The number of methoxy groups -OCH3 is 1. The van der Waals surface area contributed by atoms with Crippen molar-refractivity contribution in [3.05, 3.63) is 57.6 Å². The average molecular weight is 379 g/mol. The molecule has 2 aromatic rings. The highest BCUT2D eigenvalue weighted by molar-refractivity contribution is 9.10. The highest BCUT2D eigenvalue weighted by Crippen LogP contribution is 2.37. The number of ether oxygens (including phenoxy) is 3. The van der Waals surface area contributed by atoms with Gasteiger partial charge in [0.05, 0.1) is 23.8 Å². The molecule has 0 aliphatic rings. The zero-order valence-electron chi connectivity index (χ0n) is 13.4. The number of rotatable bonds is 6. The molecule has 5 heteroatoms. The third kappa shape index (κ3) is 4.26. The van der Waals surface area contributed by atoms with Crippen LogP contribution in [-0.4, -0.2) is 19.7 Å². The molecule has 0 amide bonds. The Hall–Kier alpha value is -2.01. The number of carbonyl (C=O) groups excluding carboxylic acids is 1. The Morgan fingerprint density at radius 3 is 2.57 bits per heavy atom. The van der Waals surface area contributed by atoms with Gasteiger partial charge in [0.1, 0.15) is 6.61 Å². The van der Waals surface area contributed by atoms with Crippen molar-refractivity contribution in [1.82, 2.24) is 0 Å². The van der Waals surface area contributed by atoms with E-state index in [9.17, 15) is 4.79 Å². The largest absolute Gasteiger partial charge is 0.490 e. The SMILES string of the molecule is CCOc1cc(C(=O)OC)cc(Br)c1OCc1ccccc1C. The summed E-state index contributed by atoms with van der Waals surface area (Å²) in [6.45, 7) is 4.81. The number of hydrogen-bond acceptors (Lipinski definition) is 4. The van der Waals surface area contributed by atoms with Crippen LogP contribution in [0.2, 0.25) is 0 Å². The lowest BCUT2D eigenvalue weighted by Crippen LogP contribution is -2.05. The molecule has 0 saturated carbocycles. The van der Waals surface area contributed by atoms with Crippen molar-refractivity contribution in [2.24, 2.45) is 0 Å². The lowest BCUT2D eigenvalue weighted by atomic mass is 10.1. The molecule has 0 atom stereocenters. The van der Waals surface area contributed by atoms with E-state index in [-0.39, 0.29) is 0 Å². The second kappa shape index (κ2) is 8.02. The average Bonchev–Trinajstić information content (AvgIpc) is 2.55. The van der Waals surface area contributed by atoms with Crippen LogP contribution in [0, 0.1) is 6.92 Å². The normalized spacial score (nSPS) is 10.3. The van der Waals surface area contributed by atoms with Crippen LogP contribution in [0.1, 0.15) is 28.4 Å². The molecule has 0 saturated heterocycles. The summed E-state index contributed by atoms with van der Waals surface area (Å²) in [5.41, 5.74) is 2.66. The molecule has 0 radical (unpaired) electrons.